The normalized spacial score (nSPS) is 9.17. The fraction of sp³-hybridized carbons (Fsp3) is 0.125. The van der Waals surface area contributed by atoms with Gasteiger partial charge in [-0.1, -0.05) is 18.2 Å². The van der Waals surface area contributed by atoms with E-state index in [0.717, 1.165) is 11.3 Å². The molecular formula is C8H11N3S. The maximum atomic E-state index is 5.12. The van der Waals surface area contributed by atoms with Crippen molar-refractivity contribution in [1.82, 2.24) is 5.43 Å². The SMILES string of the molecule is Cc1ccccc1NC(=S)NN. The zero-order chi connectivity index (χ0) is 8.97. The number of hydrogen-bond acceptors (Lipinski definition) is 2. The van der Waals surface area contributed by atoms with Crippen LogP contribution >= 0.6 is 12.2 Å². The first-order valence-electron chi connectivity index (χ1n) is 3.57. The van der Waals surface area contributed by atoms with E-state index in [9.17, 15) is 0 Å². The van der Waals surface area contributed by atoms with Gasteiger partial charge in [-0.3, -0.25) is 0 Å². The average molecular weight is 181 g/mol. The van der Waals surface area contributed by atoms with Crippen molar-refractivity contribution in [3.63, 3.8) is 0 Å². The minimum absolute atomic E-state index is 0.421. The standard InChI is InChI=1S/C8H11N3S/c1-6-4-2-3-5-7(6)10-8(12)11-9/h2-5H,9H2,1H3,(H2,10,11,12). The highest BCUT2D eigenvalue weighted by atomic mass is 32.1. The van der Waals surface area contributed by atoms with Crippen LogP contribution in [0.5, 0.6) is 0 Å². The molecule has 0 bridgehead atoms. The van der Waals surface area contributed by atoms with E-state index in [4.69, 9.17) is 18.1 Å². The highest BCUT2D eigenvalue weighted by molar-refractivity contribution is 7.80. The van der Waals surface area contributed by atoms with E-state index in [-0.39, 0.29) is 0 Å². The lowest BCUT2D eigenvalue weighted by Crippen LogP contribution is -2.34. The van der Waals surface area contributed by atoms with Gasteiger partial charge in [-0.15, -0.1) is 0 Å². The monoisotopic (exact) mass is 181 g/mol. The Morgan fingerprint density at radius 2 is 2.08 bits per heavy atom. The zero-order valence-electron chi connectivity index (χ0n) is 6.79. The van der Waals surface area contributed by atoms with E-state index < -0.39 is 0 Å². The quantitative estimate of drug-likeness (QED) is 0.345. The second kappa shape index (κ2) is 4.04. The number of benzene rings is 1. The van der Waals surface area contributed by atoms with Crippen molar-refractivity contribution in [1.29, 1.82) is 0 Å². The zero-order valence-corrected chi connectivity index (χ0v) is 7.61. The molecule has 0 heterocycles. The van der Waals surface area contributed by atoms with Gasteiger partial charge in [-0.2, -0.15) is 0 Å². The van der Waals surface area contributed by atoms with Crippen LogP contribution in [0.1, 0.15) is 5.56 Å². The molecule has 0 unspecified atom stereocenters. The van der Waals surface area contributed by atoms with Crippen LogP contribution in [-0.4, -0.2) is 5.11 Å². The molecule has 12 heavy (non-hydrogen) atoms. The Hall–Kier alpha value is -1.13. The molecule has 0 aliphatic heterocycles. The summed E-state index contributed by atoms with van der Waals surface area (Å²) in [6, 6.07) is 7.86. The average Bonchev–Trinajstić information content (AvgIpc) is 2.09. The summed E-state index contributed by atoms with van der Waals surface area (Å²) in [5, 5.41) is 3.38. The molecule has 0 saturated carbocycles. The third-order valence-corrected chi connectivity index (χ3v) is 1.74. The van der Waals surface area contributed by atoms with Crippen molar-refractivity contribution in [2.75, 3.05) is 5.32 Å². The van der Waals surface area contributed by atoms with Crippen LogP contribution in [0.25, 0.3) is 0 Å². The lowest BCUT2D eigenvalue weighted by atomic mass is 10.2. The maximum Gasteiger partial charge on any atom is 0.185 e. The van der Waals surface area contributed by atoms with Crippen LogP contribution in [0.15, 0.2) is 24.3 Å². The summed E-state index contributed by atoms with van der Waals surface area (Å²) in [6.45, 7) is 2.00. The van der Waals surface area contributed by atoms with Crippen LogP contribution in [0, 0.1) is 6.92 Å². The molecule has 64 valence electrons. The van der Waals surface area contributed by atoms with Gasteiger partial charge in [-0.25, -0.2) is 5.84 Å². The van der Waals surface area contributed by atoms with Crippen LogP contribution in [0.4, 0.5) is 5.69 Å². The fourth-order valence-electron chi connectivity index (χ4n) is 0.872. The van der Waals surface area contributed by atoms with Gasteiger partial charge in [0.15, 0.2) is 5.11 Å². The molecule has 1 rings (SSSR count). The lowest BCUT2D eigenvalue weighted by Gasteiger charge is -2.08. The summed E-state index contributed by atoms with van der Waals surface area (Å²) in [6.07, 6.45) is 0. The van der Waals surface area contributed by atoms with Gasteiger partial charge < -0.3 is 10.7 Å². The van der Waals surface area contributed by atoms with Gasteiger partial charge in [-0.05, 0) is 30.8 Å². The van der Waals surface area contributed by atoms with Gasteiger partial charge in [0.1, 0.15) is 0 Å². The third-order valence-electron chi connectivity index (χ3n) is 1.52. The summed E-state index contributed by atoms with van der Waals surface area (Å²) >= 11 is 4.85. The predicted octanol–water partition coefficient (Wildman–Crippen LogP) is 1.16. The molecule has 0 atom stereocenters. The first kappa shape index (κ1) is 8.96. The molecule has 0 amide bonds. The van der Waals surface area contributed by atoms with Crippen molar-refractivity contribution in [3.05, 3.63) is 29.8 Å². The molecule has 4 N–H and O–H groups in total. The van der Waals surface area contributed by atoms with Gasteiger partial charge >= 0.3 is 0 Å². The Bertz CT molecular complexity index is 285. The number of hydrogen-bond donors (Lipinski definition) is 3. The van der Waals surface area contributed by atoms with Crippen molar-refractivity contribution in [2.45, 2.75) is 6.92 Å². The molecule has 0 saturated heterocycles. The molecule has 0 radical (unpaired) electrons. The van der Waals surface area contributed by atoms with Gasteiger partial charge in [0, 0.05) is 5.69 Å². The topological polar surface area (TPSA) is 50.1 Å². The smallest absolute Gasteiger partial charge is 0.185 e. The molecule has 0 fully saturated rings. The molecule has 1 aromatic carbocycles. The Kier molecular flexibility index (Phi) is 3.01. The van der Waals surface area contributed by atoms with E-state index in [1.54, 1.807) is 0 Å². The summed E-state index contributed by atoms with van der Waals surface area (Å²) < 4.78 is 0. The van der Waals surface area contributed by atoms with Crippen molar-refractivity contribution >= 4 is 23.0 Å². The van der Waals surface area contributed by atoms with E-state index in [2.05, 4.69) is 10.7 Å². The highest BCUT2D eigenvalue weighted by Crippen LogP contribution is 2.12. The molecule has 0 spiro atoms. The Morgan fingerprint density at radius 3 is 2.67 bits per heavy atom. The molecule has 0 aromatic heterocycles. The van der Waals surface area contributed by atoms with Gasteiger partial charge in [0.2, 0.25) is 0 Å². The Morgan fingerprint density at radius 1 is 1.42 bits per heavy atom. The second-order valence-corrected chi connectivity index (χ2v) is 2.82. The number of aryl methyl sites for hydroxylation is 1. The van der Waals surface area contributed by atoms with Crippen LogP contribution in [0.3, 0.4) is 0 Å². The minimum atomic E-state index is 0.421. The third kappa shape index (κ3) is 2.18. The van der Waals surface area contributed by atoms with Gasteiger partial charge in [0.05, 0.1) is 0 Å². The van der Waals surface area contributed by atoms with E-state index >= 15 is 0 Å². The number of para-hydroxylation sites is 1. The maximum absolute atomic E-state index is 5.12. The van der Waals surface area contributed by atoms with E-state index in [1.165, 1.54) is 0 Å². The van der Waals surface area contributed by atoms with Crippen LogP contribution < -0.4 is 16.6 Å². The van der Waals surface area contributed by atoms with E-state index in [0.29, 0.717) is 5.11 Å². The number of anilines is 1. The molecule has 0 aliphatic carbocycles. The number of rotatable bonds is 1. The molecule has 4 heteroatoms. The minimum Gasteiger partial charge on any atom is -0.331 e. The number of nitrogens with two attached hydrogens (primary N) is 1. The summed E-state index contributed by atoms with van der Waals surface area (Å²) in [7, 11) is 0. The van der Waals surface area contributed by atoms with Gasteiger partial charge in [0.25, 0.3) is 0 Å². The molecular weight excluding hydrogens is 170 g/mol. The largest absolute Gasteiger partial charge is 0.331 e. The first-order valence-corrected chi connectivity index (χ1v) is 3.98. The summed E-state index contributed by atoms with van der Waals surface area (Å²) in [5.41, 5.74) is 4.47. The van der Waals surface area contributed by atoms with Crippen LogP contribution in [0.2, 0.25) is 0 Å². The number of nitrogens with one attached hydrogen (secondary N) is 2. The Balaban J connectivity index is 2.75. The fourth-order valence-corrected chi connectivity index (χ4v) is 0.982. The molecule has 1 aromatic rings. The van der Waals surface area contributed by atoms with Crippen molar-refractivity contribution < 1.29 is 0 Å². The van der Waals surface area contributed by atoms with Crippen molar-refractivity contribution in [2.24, 2.45) is 5.84 Å². The van der Waals surface area contributed by atoms with Crippen LogP contribution in [-0.2, 0) is 0 Å². The highest BCUT2D eigenvalue weighted by Gasteiger charge is 1.96. The summed E-state index contributed by atoms with van der Waals surface area (Å²) in [5.74, 6) is 5.12. The summed E-state index contributed by atoms with van der Waals surface area (Å²) in [4.78, 5) is 0. The number of hydrazine groups is 1. The predicted molar refractivity (Wildman–Crippen MR) is 54.7 cm³/mol. The van der Waals surface area contributed by atoms with E-state index in [1.807, 2.05) is 31.2 Å². The molecule has 3 nitrogen and oxygen atoms in total. The number of thiocarbonyl (C=S) groups is 1. The molecule has 0 aliphatic rings. The van der Waals surface area contributed by atoms with Crippen molar-refractivity contribution in [3.8, 4) is 0 Å². The lowest BCUT2D eigenvalue weighted by molar-refractivity contribution is 1.04. The first-order chi connectivity index (χ1) is 5.74. The second-order valence-electron chi connectivity index (χ2n) is 2.41. The Labute approximate surface area is 76.9 Å².